The number of aryl methyl sites for hydroxylation is 1. The van der Waals surface area contributed by atoms with Gasteiger partial charge in [-0.1, -0.05) is 35.9 Å². The Balaban J connectivity index is 1.35. The summed E-state index contributed by atoms with van der Waals surface area (Å²) in [5, 5.41) is 0. The van der Waals surface area contributed by atoms with Crippen molar-refractivity contribution in [1.29, 1.82) is 0 Å². The first kappa shape index (κ1) is 19.0. The summed E-state index contributed by atoms with van der Waals surface area (Å²) in [6, 6.07) is 14.3. The van der Waals surface area contributed by atoms with Crippen molar-refractivity contribution >= 4 is 23.3 Å². The number of Topliss-reactive ketones (excluding diaryl/α,β-unsaturated/α-hetero) is 1. The minimum Gasteiger partial charge on any atom is -0.482 e. The van der Waals surface area contributed by atoms with E-state index in [-0.39, 0.29) is 29.4 Å². The first-order valence-electron chi connectivity index (χ1n) is 10.7. The number of fused-ring (bicyclic) bond motifs is 5. The number of hydrogen-bond donors (Lipinski definition) is 0. The van der Waals surface area contributed by atoms with Crippen molar-refractivity contribution in [2.24, 2.45) is 23.7 Å². The van der Waals surface area contributed by atoms with Crippen molar-refractivity contribution in [1.82, 2.24) is 0 Å². The molecule has 0 radical (unpaired) electrons. The molecule has 5 nitrogen and oxygen atoms in total. The number of rotatable bonds is 5. The molecule has 2 aromatic carbocycles. The zero-order valence-electron chi connectivity index (χ0n) is 17.2. The van der Waals surface area contributed by atoms with E-state index in [9.17, 15) is 14.4 Å². The minimum atomic E-state index is -0.678. The normalized spacial score (nSPS) is 28.0. The lowest BCUT2D eigenvalue weighted by atomic mass is 9.81. The fourth-order valence-electron chi connectivity index (χ4n) is 5.57. The highest BCUT2D eigenvalue weighted by molar-refractivity contribution is 6.22. The molecule has 3 aliphatic rings. The third-order valence-corrected chi connectivity index (χ3v) is 7.02. The van der Waals surface area contributed by atoms with Crippen LogP contribution in [0.5, 0.6) is 5.75 Å². The smallest absolute Gasteiger partial charge is 0.237 e. The van der Waals surface area contributed by atoms with Crippen molar-refractivity contribution in [3.63, 3.8) is 0 Å². The summed E-state index contributed by atoms with van der Waals surface area (Å²) in [6.45, 7) is 3.68. The molecule has 30 heavy (non-hydrogen) atoms. The van der Waals surface area contributed by atoms with E-state index in [0.717, 1.165) is 24.8 Å². The van der Waals surface area contributed by atoms with Crippen LogP contribution >= 0.6 is 0 Å². The SMILES string of the molecule is Cc1ccc(C(=O)[C@H](C)Oc2cccc(N3C(=O)[C@H]4[C@@H]5CC[C@@H](C5)[C@@H]4C3=O)c2)cc1. The van der Waals surface area contributed by atoms with Crippen molar-refractivity contribution in [2.45, 2.75) is 39.2 Å². The van der Waals surface area contributed by atoms with Crippen LogP contribution in [-0.4, -0.2) is 23.7 Å². The number of ketones is 1. The largest absolute Gasteiger partial charge is 0.482 e. The van der Waals surface area contributed by atoms with Gasteiger partial charge in [0.25, 0.3) is 0 Å². The average Bonchev–Trinajstić information content (AvgIpc) is 3.42. The molecule has 154 valence electrons. The molecule has 0 spiro atoms. The van der Waals surface area contributed by atoms with Crippen LogP contribution in [0, 0.1) is 30.6 Å². The van der Waals surface area contributed by atoms with Gasteiger partial charge in [-0.05, 0) is 57.1 Å². The maximum absolute atomic E-state index is 13.1. The standard InChI is InChI=1S/C25H25NO4/c1-14-6-8-16(9-7-14)23(27)15(2)30-20-5-3-4-19(13-20)26-24(28)21-17-10-11-18(12-17)22(21)25(26)29/h3-9,13,15,17-18,21-22H,10-12H2,1-2H3/t15-,17-,18+,21-,22-/m0/s1. The van der Waals surface area contributed by atoms with Gasteiger partial charge in [0, 0.05) is 11.6 Å². The first-order chi connectivity index (χ1) is 14.4. The number of nitrogens with zero attached hydrogens (tertiary/aromatic N) is 1. The highest BCUT2D eigenvalue weighted by Crippen LogP contribution is 2.56. The van der Waals surface area contributed by atoms with Gasteiger partial charge >= 0.3 is 0 Å². The fourth-order valence-corrected chi connectivity index (χ4v) is 5.57. The molecular formula is C25H25NO4. The Morgan fingerprint density at radius 2 is 1.63 bits per heavy atom. The van der Waals surface area contributed by atoms with Crippen LogP contribution in [0.3, 0.4) is 0 Å². The summed E-state index contributed by atoms with van der Waals surface area (Å²) in [5.74, 6) is 0.629. The Hall–Kier alpha value is -2.95. The predicted molar refractivity (Wildman–Crippen MR) is 112 cm³/mol. The maximum Gasteiger partial charge on any atom is 0.237 e. The third kappa shape index (κ3) is 2.95. The molecule has 2 bridgehead atoms. The molecule has 1 aliphatic heterocycles. The second kappa shape index (κ2) is 7.08. The number of imide groups is 1. The van der Waals surface area contributed by atoms with E-state index >= 15 is 0 Å². The molecule has 2 aliphatic carbocycles. The molecule has 1 heterocycles. The quantitative estimate of drug-likeness (QED) is 0.555. The van der Waals surface area contributed by atoms with Crippen molar-refractivity contribution < 1.29 is 19.1 Å². The molecule has 5 rings (SSSR count). The highest BCUT2D eigenvalue weighted by atomic mass is 16.5. The van der Waals surface area contributed by atoms with Crippen LogP contribution < -0.4 is 9.64 Å². The average molecular weight is 403 g/mol. The van der Waals surface area contributed by atoms with Gasteiger partial charge in [-0.2, -0.15) is 0 Å². The van der Waals surface area contributed by atoms with Crippen LogP contribution in [0.1, 0.15) is 42.1 Å². The number of benzene rings is 2. The number of carbonyl (C=O) groups is 3. The second-order valence-corrected chi connectivity index (χ2v) is 8.88. The maximum atomic E-state index is 13.1. The molecule has 0 N–H and O–H groups in total. The number of hydrogen-bond acceptors (Lipinski definition) is 4. The molecule has 0 aromatic heterocycles. The van der Waals surface area contributed by atoms with Crippen LogP contribution in [0.15, 0.2) is 48.5 Å². The van der Waals surface area contributed by atoms with Crippen LogP contribution in [-0.2, 0) is 9.59 Å². The third-order valence-electron chi connectivity index (χ3n) is 7.02. The van der Waals surface area contributed by atoms with Gasteiger partial charge < -0.3 is 4.74 Å². The topological polar surface area (TPSA) is 63.7 Å². The summed E-state index contributed by atoms with van der Waals surface area (Å²) >= 11 is 0. The summed E-state index contributed by atoms with van der Waals surface area (Å²) in [6.07, 6.45) is 2.45. The van der Waals surface area contributed by atoms with Gasteiger partial charge in [0.15, 0.2) is 6.10 Å². The van der Waals surface area contributed by atoms with Crippen LogP contribution in [0.25, 0.3) is 0 Å². The van der Waals surface area contributed by atoms with Gasteiger partial charge in [0.2, 0.25) is 17.6 Å². The monoisotopic (exact) mass is 403 g/mol. The Bertz CT molecular complexity index is 1000. The lowest BCUT2D eigenvalue weighted by molar-refractivity contribution is -0.123. The molecular weight excluding hydrogens is 378 g/mol. The molecule has 1 saturated heterocycles. The van der Waals surface area contributed by atoms with E-state index in [1.165, 1.54) is 4.90 Å². The summed E-state index contributed by atoms with van der Waals surface area (Å²) in [7, 11) is 0. The minimum absolute atomic E-state index is 0.0712. The van der Waals surface area contributed by atoms with Crippen LogP contribution in [0.4, 0.5) is 5.69 Å². The molecule has 5 atom stereocenters. The van der Waals surface area contributed by atoms with Crippen LogP contribution in [0.2, 0.25) is 0 Å². The lowest BCUT2D eigenvalue weighted by Crippen LogP contribution is -2.32. The van der Waals surface area contributed by atoms with E-state index in [1.54, 1.807) is 43.3 Å². The Kier molecular flexibility index (Phi) is 4.49. The molecule has 2 aromatic rings. The van der Waals surface area contributed by atoms with Gasteiger partial charge in [-0.15, -0.1) is 0 Å². The zero-order valence-corrected chi connectivity index (χ0v) is 17.2. The highest BCUT2D eigenvalue weighted by Gasteiger charge is 2.61. The fraction of sp³-hybridized carbons (Fsp3) is 0.400. The number of anilines is 1. The molecule has 5 heteroatoms. The number of carbonyl (C=O) groups excluding carboxylic acids is 3. The predicted octanol–water partition coefficient (Wildman–Crippen LogP) is 4.18. The van der Waals surface area contributed by atoms with E-state index < -0.39 is 6.10 Å². The van der Waals surface area contributed by atoms with Gasteiger partial charge in [0.05, 0.1) is 17.5 Å². The molecule has 0 unspecified atom stereocenters. The van der Waals surface area contributed by atoms with E-state index in [0.29, 0.717) is 28.8 Å². The molecule has 2 saturated carbocycles. The van der Waals surface area contributed by atoms with Gasteiger partial charge in [0.1, 0.15) is 5.75 Å². The van der Waals surface area contributed by atoms with Crippen molar-refractivity contribution in [3.05, 3.63) is 59.7 Å². The van der Waals surface area contributed by atoms with Gasteiger partial charge in [-0.3, -0.25) is 14.4 Å². The Morgan fingerprint density at radius 3 is 2.27 bits per heavy atom. The number of ether oxygens (including phenoxy) is 1. The lowest BCUT2D eigenvalue weighted by Gasteiger charge is -2.19. The van der Waals surface area contributed by atoms with E-state index in [2.05, 4.69) is 0 Å². The zero-order chi connectivity index (χ0) is 21.0. The summed E-state index contributed by atoms with van der Waals surface area (Å²) in [4.78, 5) is 40.1. The van der Waals surface area contributed by atoms with E-state index in [1.807, 2.05) is 19.1 Å². The number of amides is 2. The summed E-state index contributed by atoms with van der Waals surface area (Å²) < 4.78 is 5.88. The Morgan fingerprint density at radius 1 is 1.00 bits per heavy atom. The van der Waals surface area contributed by atoms with Gasteiger partial charge in [-0.25, -0.2) is 4.90 Å². The molecule has 2 amide bonds. The van der Waals surface area contributed by atoms with E-state index in [4.69, 9.17) is 4.74 Å². The molecule has 3 fully saturated rings. The summed E-state index contributed by atoms with van der Waals surface area (Å²) in [5.41, 5.74) is 2.22. The Labute approximate surface area is 176 Å². The first-order valence-corrected chi connectivity index (χ1v) is 10.7. The second-order valence-electron chi connectivity index (χ2n) is 8.88. The van der Waals surface area contributed by atoms with Crippen molar-refractivity contribution in [3.8, 4) is 5.75 Å². The van der Waals surface area contributed by atoms with Crippen molar-refractivity contribution in [2.75, 3.05) is 4.90 Å².